The molecule has 1 aromatic carbocycles. The first-order chi connectivity index (χ1) is 11.3. The number of aromatic nitrogens is 1. The maximum Gasteiger partial charge on any atom is 0.433 e. The van der Waals surface area contributed by atoms with E-state index in [1.807, 2.05) is 45.0 Å². The fourth-order valence-electron chi connectivity index (χ4n) is 1.50. The molecule has 1 aromatic heterocycles. The van der Waals surface area contributed by atoms with Crippen LogP contribution in [0.25, 0.3) is 0 Å². The van der Waals surface area contributed by atoms with Crippen LogP contribution in [0.1, 0.15) is 36.2 Å². The molecular formula is C18H23F3N2O. The van der Waals surface area contributed by atoms with E-state index in [4.69, 9.17) is 0 Å². The van der Waals surface area contributed by atoms with Gasteiger partial charge in [-0.25, -0.2) is 0 Å². The Kier molecular flexibility index (Phi) is 10.1. The summed E-state index contributed by atoms with van der Waals surface area (Å²) in [5.41, 5.74) is 2.24. The Labute approximate surface area is 140 Å². The zero-order valence-electron chi connectivity index (χ0n) is 14.3. The zero-order valence-corrected chi connectivity index (χ0v) is 14.3. The number of nitrogens with one attached hydrogen (secondary N) is 1. The van der Waals surface area contributed by atoms with Gasteiger partial charge in [-0.05, 0) is 31.0 Å². The van der Waals surface area contributed by atoms with Crippen LogP contribution in [-0.2, 0) is 17.5 Å². The van der Waals surface area contributed by atoms with E-state index in [2.05, 4.69) is 10.3 Å². The van der Waals surface area contributed by atoms with E-state index in [1.165, 1.54) is 17.8 Å². The summed E-state index contributed by atoms with van der Waals surface area (Å²) in [6.07, 6.45) is -2.42. The van der Waals surface area contributed by atoms with Crippen molar-refractivity contribution in [1.82, 2.24) is 10.3 Å². The van der Waals surface area contributed by atoms with Gasteiger partial charge in [-0.15, -0.1) is 0 Å². The molecule has 0 aliphatic heterocycles. The molecule has 0 fully saturated rings. The molecule has 132 valence electrons. The third kappa shape index (κ3) is 8.92. The van der Waals surface area contributed by atoms with Crippen molar-refractivity contribution in [1.29, 1.82) is 0 Å². The molecule has 6 heteroatoms. The molecule has 0 aliphatic carbocycles. The predicted octanol–water partition coefficient (Wildman–Crippen LogP) is 4.68. The summed E-state index contributed by atoms with van der Waals surface area (Å²) < 4.78 is 35.6. The van der Waals surface area contributed by atoms with Crippen molar-refractivity contribution in [2.24, 2.45) is 0 Å². The lowest BCUT2D eigenvalue weighted by molar-refractivity contribution is -0.141. The van der Waals surface area contributed by atoms with Gasteiger partial charge in [0.05, 0.1) is 0 Å². The van der Waals surface area contributed by atoms with Gasteiger partial charge in [-0.3, -0.25) is 9.78 Å². The lowest BCUT2D eigenvalue weighted by Gasteiger charge is -2.03. The van der Waals surface area contributed by atoms with Crippen molar-refractivity contribution in [3.05, 3.63) is 65.0 Å². The van der Waals surface area contributed by atoms with Gasteiger partial charge < -0.3 is 5.32 Å². The van der Waals surface area contributed by atoms with E-state index in [-0.39, 0.29) is 0 Å². The first-order valence-corrected chi connectivity index (χ1v) is 7.55. The highest BCUT2D eigenvalue weighted by Crippen LogP contribution is 2.26. The highest BCUT2D eigenvalue weighted by molar-refractivity contribution is 5.46. The fourth-order valence-corrected chi connectivity index (χ4v) is 1.50. The number of rotatable bonds is 3. The topological polar surface area (TPSA) is 42.0 Å². The molecule has 24 heavy (non-hydrogen) atoms. The number of amides is 1. The first kappa shape index (κ1) is 21.6. The van der Waals surface area contributed by atoms with Gasteiger partial charge in [0.25, 0.3) is 0 Å². The number of hydrogen-bond acceptors (Lipinski definition) is 2. The Bertz CT molecular complexity index is 579. The fraction of sp³-hybridized carbons (Fsp3) is 0.333. The quantitative estimate of drug-likeness (QED) is 0.825. The van der Waals surface area contributed by atoms with Gasteiger partial charge in [0.2, 0.25) is 6.41 Å². The van der Waals surface area contributed by atoms with Crippen LogP contribution in [0.4, 0.5) is 13.2 Å². The summed E-state index contributed by atoms with van der Waals surface area (Å²) in [5.74, 6) is 0. The average Bonchev–Trinajstić information content (AvgIpc) is 2.56. The summed E-state index contributed by atoms with van der Waals surface area (Å²) in [4.78, 5) is 13.2. The van der Waals surface area contributed by atoms with Gasteiger partial charge in [-0.1, -0.05) is 49.7 Å². The van der Waals surface area contributed by atoms with Gasteiger partial charge in [0.1, 0.15) is 5.69 Å². The summed E-state index contributed by atoms with van der Waals surface area (Å²) in [6.45, 7) is 8.34. The van der Waals surface area contributed by atoms with Gasteiger partial charge in [0.15, 0.2) is 0 Å². The summed E-state index contributed by atoms with van der Waals surface area (Å²) in [7, 11) is 0. The molecule has 3 nitrogen and oxygen atoms in total. The van der Waals surface area contributed by atoms with Crippen LogP contribution in [0.5, 0.6) is 0 Å². The molecule has 2 rings (SSSR count). The van der Waals surface area contributed by atoms with Crippen molar-refractivity contribution < 1.29 is 18.0 Å². The second-order valence-corrected chi connectivity index (χ2v) is 4.70. The van der Waals surface area contributed by atoms with Crippen molar-refractivity contribution in [2.45, 2.75) is 40.4 Å². The maximum atomic E-state index is 11.9. The third-order valence-electron chi connectivity index (χ3n) is 2.71. The number of pyridine rings is 1. The first-order valence-electron chi connectivity index (χ1n) is 7.55. The van der Waals surface area contributed by atoms with Crippen molar-refractivity contribution in [2.75, 3.05) is 0 Å². The number of benzene rings is 1. The number of nitrogens with zero attached hydrogens (tertiary/aromatic N) is 1. The number of hydrogen-bond donors (Lipinski definition) is 1. The lowest BCUT2D eigenvalue weighted by atomic mass is 10.1. The normalized spacial score (nSPS) is 9.79. The minimum Gasteiger partial charge on any atom is -0.355 e. The third-order valence-corrected chi connectivity index (χ3v) is 2.71. The Balaban J connectivity index is 0.000000400. The van der Waals surface area contributed by atoms with E-state index in [1.54, 1.807) is 6.92 Å². The standard InChI is InChI=1S/C9H11NO.C7H6F3N.C2H6/c1-8-2-4-9(5-3-8)6-10-7-11;1-5-2-3-6(11-4-5)7(8,9)10;1-2/h2-5,7H,6H2,1H3,(H,10,11);2-4H,1H3;1-2H3. The summed E-state index contributed by atoms with van der Waals surface area (Å²) in [5, 5.41) is 2.60. The smallest absolute Gasteiger partial charge is 0.355 e. The van der Waals surface area contributed by atoms with Crippen molar-refractivity contribution in [3.8, 4) is 0 Å². The number of alkyl halides is 3. The molecule has 0 saturated heterocycles. The highest BCUT2D eigenvalue weighted by atomic mass is 19.4. The second-order valence-electron chi connectivity index (χ2n) is 4.70. The Morgan fingerprint density at radius 2 is 1.54 bits per heavy atom. The minimum absolute atomic E-state index is 0.615. The summed E-state index contributed by atoms with van der Waals surface area (Å²) >= 11 is 0. The molecule has 0 radical (unpaired) electrons. The van der Waals surface area contributed by atoms with Crippen LogP contribution in [0.2, 0.25) is 0 Å². The second kappa shape index (κ2) is 11.2. The van der Waals surface area contributed by atoms with E-state index >= 15 is 0 Å². The van der Waals surface area contributed by atoms with Crippen LogP contribution in [0.3, 0.4) is 0 Å². The van der Waals surface area contributed by atoms with E-state index in [0.717, 1.165) is 17.2 Å². The Morgan fingerprint density at radius 1 is 1.00 bits per heavy atom. The van der Waals surface area contributed by atoms with Crippen LogP contribution in [-0.4, -0.2) is 11.4 Å². The SMILES string of the molecule is CC.Cc1ccc(C(F)(F)F)nc1.Cc1ccc(CNC=O)cc1. The Morgan fingerprint density at radius 3 is 1.96 bits per heavy atom. The van der Waals surface area contributed by atoms with Gasteiger partial charge in [0, 0.05) is 12.7 Å². The molecule has 2 aromatic rings. The van der Waals surface area contributed by atoms with Crippen molar-refractivity contribution in [3.63, 3.8) is 0 Å². The number of carbonyl (C=O) groups excluding carboxylic acids is 1. The number of halogens is 3. The van der Waals surface area contributed by atoms with E-state index < -0.39 is 11.9 Å². The van der Waals surface area contributed by atoms with Crippen LogP contribution in [0.15, 0.2) is 42.6 Å². The highest BCUT2D eigenvalue weighted by Gasteiger charge is 2.31. The molecule has 0 atom stereocenters. The molecule has 0 saturated carbocycles. The largest absolute Gasteiger partial charge is 0.433 e. The molecule has 0 spiro atoms. The molecule has 1 amide bonds. The van der Waals surface area contributed by atoms with Crippen molar-refractivity contribution >= 4 is 6.41 Å². The molecule has 1 heterocycles. The maximum absolute atomic E-state index is 11.9. The lowest BCUT2D eigenvalue weighted by Crippen LogP contribution is -2.09. The van der Waals surface area contributed by atoms with Gasteiger partial charge >= 0.3 is 6.18 Å². The molecule has 0 bridgehead atoms. The molecule has 0 aliphatic rings. The molecule has 0 unspecified atom stereocenters. The van der Waals surface area contributed by atoms with Crippen LogP contribution >= 0.6 is 0 Å². The zero-order chi connectivity index (χ0) is 18.6. The number of carbonyl (C=O) groups is 1. The molecule has 1 N–H and O–H groups in total. The van der Waals surface area contributed by atoms with E-state index in [0.29, 0.717) is 13.0 Å². The average molecular weight is 340 g/mol. The van der Waals surface area contributed by atoms with Crippen LogP contribution < -0.4 is 5.32 Å². The predicted molar refractivity (Wildman–Crippen MR) is 89.4 cm³/mol. The van der Waals surface area contributed by atoms with Crippen LogP contribution in [0, 0.1) is 13.8 Å². The Hall–Kier alpha value is -2.37. The summed E-state index contributed by atoms with van der Waals surface area (Å²) in [6, 6.07) is 10.4. The minimum atomic E-state index is -4.33. The monoisotopic (exact) mass is 340 g/mol. The van der Waals surface area contributed by atoms with Gasteiger partial charge in [-0.2, -0.15) is 13.2 Å². The molecular weight excluding hydrogens is 317 g/mol. The van der Waals surface area contributed by atoms with E-state index in [9.17, 15) is 18.0 Å². The number of aryl methyl sites for hydroxylation is 2.